The number of rotatable bonds is 4. The van der Waals surface area contributed by atoms with Crippen LogP contribution in [0.3, 0.4) is 0 Å². The van der Waals surface area contributed by atoms with Crippen LogP contribution in [0.5, 0.6) is 5.75 Å². The second kappa shape index (κ2) is 7.86. The molecule has 0 radical (unpaired) electrons. The van der Waals surface area contributed by atoms with E-state index in [-0.39, 0.29) is 23.8 Å². The zero-order chi connectivity index (χ0) is 19.5. The largest absolute Gasteiger partial charge is 0.490 e. The van der Waals surface area contributed by atoms with Gasteiger partial charge in [-0.2, -0.15) is 13.2 Å². The van der Waals surface area contributed by atoms with E-state index in [4.69, 9.17) is 9.47 Å². The Morgan fingerprint density at radius 2 is 1.81 bits per heavy atom. The van der Waals surface area contributed by atoms with E-state index in [2.05, 4.69) is 4.90 Å². The van der Waals surface area contributed by atoms with E-state index in [0.29, 0.717) is 12.8 Å². The Balaban J connectivity index is 2.15. The molecule has 1 aliphatic heterocycles. The predicted molar refractivity (Wildman–Crippen MR) is 92.1 cm³/mol. The summed E-state index contributed by atoms with van der Waals surface area (Å²) in [5, 5.41) is 0. The first-order valence-electron chi connectivity index (χ1n) is 8.71. The fourth-order valence-corrected chi connectivity index (χ4v) is 2.84. The smallest absolute Gasteiger partial charge is 0.419 e. The van der Waals surface area contributed by atoms with E-state index in [9.17, 15) is 18.0 Å². The molecule has 26 heavy (non-hydrogen) atoms. The van der Waals surface area contributed by atoms with Crippen LogP contribution in [0.15, 0.2) is 18.2 Å². The maximum atomic E-state index is 13.4. The summed E-state index contributed by atoms with van der Waals surface area (Å²) in [5.41, 5.74) is -1.28. The number of piperidine rings is 1. The summed E-state index contributed by atoms with van der Waals surface area (Å²) < 4.78 is 51.2. The lowest BCUT2D eigenvalue weighted by molar-refractivity contribution is -0.154. The maximum Gasteiger partial charge on any atom is 0.419 e. The van der Waals surface area contributed by atoms with Gasteiger partial charge in [-0.05, 0) is 58.4 Å². The van der Waals surface area contributed by atoms with Gasteiger partial charge in [0.1, 0.15) is 17.5 Å². The summed E-state index contributed by atoms with van der Waals surface area (Å²) in [5.74, 6) is -0.741. The highest BCUT2D eigenvalue weighted by molar-refractivity contribution is 5.73. The van der Waals surface area contributed by atoms with Crippen molar-refractivity contribution in [2.75, 3.05) is 20.1 Å². The Hall–Kier alpha value is -1.76. The number of halogens is 3. The fourth-order valence-electron chi connectivity index (χ4n) is 2.84. The summed E-state index contributed by atoms with van der Waals surface area (Å²) in [6.45, 7) is 6.73. The minimum atomic E-state index is -4.55. The first kappa shape index (κ1) is 20.6. The molecule has 4 nitrogen and oxygen atoms in total. The van der Waals surface area contributed by atoms with Crippen LogP contribution >= 0.6 is 0 Å². The second-order valence-corrected chi connectivity index (χ2v) is 7.71. The molecule has 1 heterocycles. The summed E-state index contributed by atoms with van der Waals surface area (Å²) in [6.07, 6.45) is -3.62. The summed E-state index contributed by atoms with van der Waals surface area (Å²) in [7, 11) is 1.98. The molecule has 1 saturated heterocycles. The number of alkyl halides is 3. The maximum absolute atomic E-state index is 13.4. The number of carbonyl (C=O) groups excluding carboxylic acids is 1. The zero-order valence-electron chi connectivity index (χ0n) is 15.7. The van der Waals surface area contributed by atoms with Crippen LogP contribution in [0.4, 0.5) is 13.2 Å². The van der Waals surface area contributed by atoms with Crippen molar-refractivity contribution in [3.8, 4) is 5.75 Å². The molecule has 0 saturated carbocycles. The van der Waals surface area contributed by atoms with Gasteiger partial charge < -0.3 is 14.4 Å². The average Bonchev–Trinajstić information content (AvgIpc) is 2.48. The van der Waals surface area contributed by atoms with Gasteiger partial charge >= 0.3 is 12.1 Å². The first-order valence-corrected chi connectivity index (χ1v) is 8.71. The third-order valence-electron chi connectivity index (χ3n) is 4.08. The molecule has 0 spiro atoms. The number of esters is 1. The van der Waals surface area contributed by atoms with Gasteiger partial charge in [0, 0.05) is 13.1 Å². The van der Waals surface area contributed by atoms with Gasteiger partial charge in [0.15, 0.2) is 0 Å². The highest BCUT2D eigenvalue weighted by Gasteiger charge is 2.35. The molecule has 7 heteroatoms. The molecule has 0 aromatic heterocycles. The molecule has 0 aliphatic carbocycles. The molecule has 146 valence electrons. The highest BCUT2D eigenvalue weighted by atomic mass is 19.4. The SMILES string of the molecule is CN1CCC(Oc2ccc(CC(=O)OC(C)(C)C)cc2C(F)(F)F)CC1. The highest BCUT2D eigenvalue weighted by Crippen LogP contribution is 2.38. The Labute approximate surface area is 152 Å². The minimum Gasteiger partial charge on any atom is -0.490 e. The van der Waals surface area contributed by atoms with Crippen molar-refractivity contribution < 1.29 is 27.4 Å². The van der Waals surface area contributed by atoms with Crippen LogP contribution in [0, 0.1) is 0 Å². The van der Waals surface area contributed by atoms with Gasteiger partial charge in [0.25, 0.3) is 0 Å². The quantitative estimate of drug-likeness (QED) is 0.746. The van der Waals surface area contributed by atoms with Crippen LogP contribution in [0.2, 0.25) is 0 Å². The van der Waals surface area contributed by atoms with Gasteiger partial charge in [0.2, 0.25) is 0 Å². The topological polar surface area (TPSA) is 38.8 Å². The van der Waals surface area contributed by atoms with E-state index in [1.165, 1.54) is 12.1 Å². The molecule has 1 aromatic rings. The predicted octanol–water partition coefficient (Wildman–Crippen LogP) is 4.06. The lowest BCUT2D eigenvalue weighted by Gasteiger charge is -2.30. The molecule has 0 unspecified atom stereocenters. The molecule has 2 rings (SSSR count). The lowest BCUT2D eigenvalue weighted by atomic mass is 10.0. The number of hydrogen-bond acceptors (Lipinski definition) is 4. The van der Waals surface area contributed by atoms with Crippen molar-refractivity contribution in [3.63, 3.8) is 0 Å². The Morgan fingerprint density at radius 1 is 1.19 bits per heavy atom. The monoisotopic (exact) mass is 373 g/mol. The number of likely N-dealkylation sites (tertiary alicyclic amines) is 1. The molecule has 0 N–H and O–H groups in total. The normalized spacial score (nSPS) is 17.2. The summed E-state index contributed by atoms with van der Waals surface area (Å²) >= 11 is 0. The number of carbonyl (C=O) groups is 1. The van der Waals surface area contributed by atoms with Crippen LogP contribution in [0.25, 0.3) is 0 Å². The molecule has 1 aliphatic rings. The molecule has 0 amide bonds. The van der Waals surface area contributed by atoms with Gasteiger partial charge in [-0.3, -0.25) is 4.79 Å². The van der Waals surface area contributed by atoms with Gasteiger partial charge in [-0.25, -0.2) is 0 Å². The lowest BCUT2D eigenvalue weighted by Crippen LogP contribution is -2.36. The van der Waals surface area contributed by atoms with E-state index in [1.54, 1.807) is 20.8 Å². The van der Waals surface area contributed by atoms with Crippen LogP contribution in [-0.4, -0.2) is 42.7 Å². The van der Waals surface area contributed by atoms with Crippen molar-refractivity contribution in [1.29, 1.82) is 0 Å². The fraction of sp³-hybridized carbons (Fsp3) is 0.632. The zero-order valence-corrected chi connectivity index (χ0v) is 15.7. The molecule has 1 fully saturated rings. The Bertz CT molecular complexity index is 630. The molecule has 1 aromatic carbocycles. The van der Waals surface area contributed by atoms with Crippen LogP contribution < -0.4 is 4.74 Å². The Morgan fingerprint density at radius 3 is 2.35 bits per heavy atom. The minimum absolute atomic E-state index is 0.181. The number of ether oxygens (including phenoxy) is 2. The standard InChI is InChI=1S/C19H26F3NO3/c1-18(2,3)26-17(24)12-13-5-6-16(15(11-13)19(20,21)22)25-14-7-9-23(4)10-8-14/h5-6,11,14H,7-10,12H2,1-4H3. The van der Waals surface area contributed by atoms with E-state index >= 15 is 0 Å². The van der Waals surface area contributed by atoms with Crippen LogP contribution in [0.1, 0.15) is 44.7 Å². The number of hydrogen-bond donors (Lipinski definition) is 0. The second-order valence-electron chi connectivity index (χ2n) is 7.71. The summed E-state index contributed by atoms with van der Waals surface area (Å²) in [6, 6.07) is 3.78. The third-order valence-corrected chi connectivity index (χ3v) is 4.08. The molecule has 0 atom stereocenters. The van der Waals surface area contributed by atoms with E-state index in [0.717, 1.165) is 19.2 Å². The van der Waals surface area contributed by atoms with Crippen molar-refractivity contribution in [2.45, 2.75) is 57.9 Å². The van der Waals surface area contributed by atoms with Crippen LogP contribution in [-0.2, 0) is 22.1 Å². The van der Waals surface area contributed by atoms with Crippen molar-refractivity contribution in [3.05, 3.63) is 29.3 Å². The molecular weight excluding hydrogens is 347 g/mol. The number of benzene rings is 1. The van der Waals surface area contributed by atoms with Gasteiger partial charge in [-0.15, -0.1) is 0 Å². The average molecular weight is 373 g/mol. The van der Waals surface area contributed by atoms with E-state index < -0.39 is 23.3 Å². The molecular formula is C19H26F3NO3. The Kier molecular flexibility index (Phi) is 6.21. The molecule has 0 bridgehead atoms. The third kappa shape index (κ3) is 6.20. The first-order chi connectivity index (χ1) is 11.9. The van der Waals surface area contributed by atoms with Crippen molar-refractivity contribution in [2.24, 2.45) is 0 Å². The van der Waals surface area contributed by atoms with Gasteiger partial charge in [-0.1, -0.05) is 6.07 Å². The van der Waals surface area contributed by atoms with E-state index in [1.807, 2.05) is 7.05 Å². The van der Waals surface area contributed by atoms with Crippen molar-refractivity contribution in [1.82, 2.24) is 4.90 Å². The number of nitrogens with zero attached hydrogens (tertiary/aromatic N) is 1. The van der Waals surface area contributed by atoms with Gasteiger partial charge in [0.05, 0.1) is 12.0 Å². The summed E-state index contributed by atoms with van der Waals surface area (Å²) in [4.78, 5) is 14.0. The van der Waals surface area contributed by atoms with Crippen molar-refractivity contribution >= 4 is 5.97 Å².